The number of aromatic nitrogens is 8. The van der Waals surface area contributed by atoms with E-state index in [2.05, 4.69) is 127 Å². The van der Waals surface area contributed by atoms with Crippen molar-refractivity contribution in [3.8, 4) is 40.5 Å². The zero-order valence-corrected chi connectivity index (χ0v) is 46.7. The van der Waals surface area contributed by atoms with E-state index in [0.717, 1.165) is 115 Å². The number of anilines is 2. The summed E-state index contributed by atoms with van der Waals surface area (Å²) in [6.07, 6.45) is 11.9. The highest BCUT2D eigenvalue weighted by Crippen LogP contribution is 2.39. The number of aliphatic imine (C=N–C) groups is 1. The van der Waals surface area contributed by atoms with E-state index >= 15 is 0 Å². The minimum atomic E-state index is -0.249. The summed E-state index contributed by atoms with van der Waals surface area (Å²) in [5.41, 5.74) is 7.25. The lowest BCUT2D eigenvalue weighted by Crippen LogP contribution is -2.41. The molecular weight excluding hydrogens is 1060 g/mol. The Balaban J connectivity index is 0.000000150. The number of hydrogen-bond acceptors (Lipinski definition) is 17. The van der Waals surface area contributed by atoms with Gasteiger partial charge < -0.3 is 47.5 Å². The molecule has 5 saturated heterocycles. The standard InChI is InChI=1S/C23H27N5O3.C16H21N5O3.C10H16BNO2.C7H7Br.CH4/c1-17-4-2-5-18(14-17)28-8-7-20(26-28)21-15-22(27-9-12-29-13-10-27)25-23(24-21)31-16-19-6-3-11-30-19;1-2-12(23-7-1)11-24-16-18-14(13-3-4-17-20-13)10-15(19-16)21-5-8-22-9-6-21;1-9(2)10(3,4)14-11(13-9)8-5-6-12-7-8;1-6-3-2-4-7(8)5-6;/h2,4-5,7-8,14-15,19H,3,6,9-13,16H2,1H3;3-4,10,12H,1-2,5-9,11H2,(H,17,20);5-6H,7H2,1-4H3;2-5H,1H3;1H4. The monoisotopic (exact) mass is 1130 g/mol. The molecule has 5 fully saturated rings. The maximum atomic E-state index is 5.95. The maximum absolute atomic E-state index is 5.95. The first-order chi connectivity index (χ1) is 37.3. The fourth-order valence-corrected chi connectivity index (χ4v) is 9.42. The lowest BCUT2D eigenvalue weighted by atomic mass is 9.79. The molecule has 78 heavy (non-hydrogen) atoms. The SMILES string of the molecule is C.CC1(C)OB(C2=CC=NC2)OC1(C)C.Cc1cccc(-n2ccc(-c3cc(N4CCOCC4)nc(OCC4CCCO4)n3)n2)c1.Cc1cccc(Br)c1.c1cc(-c2cc(N3CCOCC3)nc(OCC3CCCO3)n2)[nH]n1. The van der Waals surface area contributed by atoms with Crippen LogP contribution >= 0.6 is 15.9 Å². The van der Waals surface area contributed by atoms with E-state index in [-0.39, 0.29) is 38.0 Å². The van der Waals surface area contributed by atoms with Crippen LogP contribution in [0.15, 0.2) is 106 Å². The smallest absolute Gasteiger partial charge is 0.461 e. The van der Waals surface area contributed by atoms with Gasteiger partial charge in [-0.25, -0.2) is 4.68 Å². The van der Waals surface area contributed by atoms with Crippen LogP contribution in [0.1, 0.15) is 71.9 Å². The minimum absolute atomic E-state index is 0. The van der Waals surface area contributed by atoms with Gasteiger partial charge >= 0.3 is 19.1 Å². The molecule has 2 atom stereocenters. The number of allylic oxidation sites excluding steroid dienone is 1. The molecule has 2 unspecified atom stereocenters. The van der Waals surface area contributed by atoms with Crippen LogP contribution in [0, 0.1) is 13.8 Å². The molecule has 6 aliphatic rings. The van der Waals surface area contributed by atoms with Crippen LogP contribution in [0.4, 0.5) is 11.6 Å². The maximum Gasteiger partial charge on any atom is 0.492 e. The second kappa shape index (κ2) is 27.7. The van der Waals surface area contributed by atoms with Gasteiger partial charge in [-0.05, 0) is 121 Å². The van der Waals surface area contributed by atoms with E-state index in [1.165, 1.54) is 11.1 Å². The van der Waals surface area contributed by atoms with Crippen molar-refractivity contribution in [1.29, 1.82) is 0 Å². The molecule has 0 aliphatic carbocycles. The van der Waals surface area contributed by atoms with E-state index < -0.39 is 0 Å². The molecule has 4 aromatic heterocycles. The molecule has 6 aromatic rings. The van der Waals surface area contributed by atoms with Crippen molar-refractivity contribution in [2.45, 2.75) is 98.1 Å². The van der Waals surface area contributed by atoms with Gasteiger partial charge in [-0.15, -0.1) is 0 Å². The van der Waals surface area contributed by atoms with Gasteiger partial charge in [0.25, 0.3) is 0 Å². The predicted octanol–water partition coefficient (Wildman–Crippen LogP) is 9.32. The van der Waals surface area contributed by atoms with Crippen LogP contribution < -0.4 is 19.3 Å². The van der Waals surface area contributed by atoms with Crippen molar-refractivity contribution < 1.29 is 37.7 Å². The van der Waals surface area contributed by atoms with Crippen molar-refractivity contribution >= 4 is 40.9 Å². The zero-order chi connectivity index (χ0) is 53.6. The molecule has 0 saturated carbocycles. The summed E-state index contributed by atoms with van der Waals surface area (Å²) in [4.78, 5) is 26.9. The molecule has 2 aromatic carbocycles. The normalized spacial score (nSPS) is 20.1. The Hall–Kier alpha value is -6.07. The van der Waals surface area contributed by atoms with E-state index in [9.17, 15) is 0 Å². The number of nitrogens with one attached hydrogen (secondary N) is 1. The molecule has 0 amide bonds. The van der Waals surface area contributed by atoms with Gasteiger partial charge in [-0.1, -0.05) is 53.2 Å². The molecule has 0 spiro atoms. The number of H-pyrrole nitrogens is 1. The number of morpholine rings is 2. The Morgan fingerprint density at radius 1 is 0.679 bits per heavy atom. The molecular formula is C57H75BBrN11O8. The largest absolute Gasteiger partial charge is 0.492 e. The van der Waals surface area contributed by atoms with E-state index in [0.29, 0.717) is 58.2 Å². The van der Waals surface area contributed by atoms with Gasteiger partial charge in [0.05, 0.1) is 79.2 Å². The summed E-state index contributed by atoms with van der Waals surface area (Å²) in [7, 11) is -0.220. The second-order valence-corrected chi connectivity index (χ2v) is 21.4. The first-order valence-electron chi connectivity index (χ1n) is 26.7. The third-order valence-electron chi connectivity index (χ3n) is 14.0. The summed E-state index contributed by atoms with van der Waals surface area (Å²) in [6, 6.07) is 25.0. The van der Waals surface area contributed by atoms with Crippen LogP contribution in [-0.4, -0.2) is 162 Å². The second-order valence-electron chi connectivity index (χ2n) is 20.5. The number of aromatic amines is 1. The third kappa shape index (κ3) is 16.0. The molecule has 21 heteroatoms. The first kappa shape index (κ1) is 58.1. The Kier molecular flexibility index (Phi) is 20.6. The van der Waals surface area contributed by atoms with Gasteiger partial charge in [-0.2, -0.15) is 30.1 Å². The van der Waals surface area contributed by atoms with E-state index in [1.54, 1.807) is 12.4 Å². The number of aryl methyl sites for hydroxylation is 2. The Labute approximate surface area is 467 Å². The van der Waals surface area contributed by atoms with Crippen molar-refractivity contribution in [1.82, 2.24) is 39.9 Å². The van der Waals surface area contributed by atoms with Gasteiger partial charge in [0, 0.05) is 74.6 Å². The summed E-state index contributed by atoms with van der Waals surface area (Å²) < 4.78 is 48.7. The number of hydrogen-bond donors (Lipinski definition) is 1. The number of rotatable bonds is 12. The molecule has 0 bridgehead atoms. The molecule has 1 N–H and O–H groups in total. The lowest BCUT2D eigenvalue weighted by Gasteiger charge is -2.32. The summed E-state index contributed by atoms with van der Waals surface area (Å²) in [5, 5.41) is 11.7. The minimum Gasteiger partial charge on any atom is -0.461 e. The van der Waals surface area contributed by atoms with Crippen LogP contribution in [0.25, 0.3) is 28.5 Å². The first-order valence-corrected chi connectivity index (χ1v) is 27.5. The highest BCUT2D eigenvalue weighted by molar-refractivity contribution is 9.10. The van der Waals surface area contributed by atoms with Gasteiger partial charge in [0.2, 0.25) is 0 Å². The summed E-state index contributed by atoms with van der Waals surface area (Å²) >= 11 is 3.36. The van der Waals surface area contributed by atoms with Gasteiger partial charge in [0.15, 0.2) is 0 Å². The Morgan fingerprint density at radius 2 is 1.26 bits per heavy atom. The molecule has 10 heterocycles. The Morgan fingerprint density at radius 3 is 1.76 bits per heavy atom. The van der Waals surface area contributed by atoms with Crippen LogP contribution in [0.2, 0.25) is 0 Å². The molecule has 12 rings (SSSR count). The molecule has 6 aliphatic heterocycles. The molecule has 0 radical (unpaired) electrons. The van der Waals surface area contributed by atoms with Crippen LogP contribution in [0.3, 0.4) is 0 Å². The zero-order valence-electron chi connectivity index (χ0n) is 45.1. The fourth-order valence-electron chi connectivity index (χ4n) is 8.91. The number of benzene rings is 2. The average molecular weight is 1130 g/mol. The van der Waals surface area contributed by atoms with E-state index in [1.807, 2.05) is 65.5 Å². The topological polar surface area (TPSA) is 191 Å². The number of halogens is 1. The molecule has 19 nitrogen and oxygen atoms in total. The van der Waals surface area contributed by atoms with Crippen molar-refractivity contribution in [3.05, 3.63) is 112 Å². The van der Waals surface area contributed by atoms with Gasteiger partial charge in [-0.3, -0.25) is 10.1 Å². The van der Waals surface area contributed by atoms with E-state index in [4.69, 9.17) is 42.8 Å². The summed E-state index contributed by atoms with van der Waals surface area (Å²) in [5.74, 6) is 1.68. The lowest BCUT2D eigenvalue weighted by molar-refractivity contribution is 0.00578. The number of ether oxygens (including phenoxy) is 6. The van der Waals surface area contributed by atoms with Crippen molar-refractivity contribution in [2.24, 2.45) is 4.99 Å². The van der Waals surface area contributed by atoms with Crippen LogP contribution in [0.5, 0.6) is 12.0 Å². The highest BCUT2D eigenvalue weighted by atomic mass is 79.9. The highest BCUT2D eigenvalue weighted by Gasteiger charge is 2.52. The van der Waals surface area contributed by atoms with Crippen molar-refractivity contribution in [2.75, 3.05) is 95.4 Å². The predicted molar refractivity (Wildman–Crippen MR) is 307 cm³/mol. The number of nitrogens with zero attached hydrogens (tertiary/aromatic N) is 10. The van der Waals surface area contributed by atoms with Crippen LogP contribution in [-0.2, 0) is 28.3 Å². The quantitative estimate of drug-likeness (QED) is 0.114. The third-order valence-corrected chi connectivity index (χ3v) is 14.5. The molecule has 416 valence electrons. The fraction of sp³-hybridized carbons (Fsp3) is 0.491. The Bertz CT molecular complexity index is 2850. The summed E-state index contributed by atoms with van der Waals surface area (Å²) in [6.45, 7) is 21.6. The van der Waals surface area contributed by atoms with Crippen molar-refractivity contribution in [3.63, 3.8) is 0 Å². The average Bonchev–Trinajstić information content (AvgIpc) is 4.42. The van der Waals surface area contributed by atoms with Gasteiger partial charge in [0.1, 0.15) is 30.5 Å².